The first-order valence-corrected chi connectivity index (χ1v) is 24.0. The molecule has 0 aromatic heterocycles. The molecule has 0 aliphatic carbocycles. The Balaban J connectivity index is 0.000000353. The second kappa shape index (κ2) is 28.9. The molecule has 0 amide bonds. The van der Waals surface area contributed by atoms with Gasteiger partial charge in [0.05, 0.1) is 0 Å². The summed E-state index contributed by atoms with van der Waals surface area (Å²) in [4.78, 5) is 0. The fraction of sp³-hybridized carbons (Fsp3) is 0. The van der Waals surface area contributed by atoms with E-state index in [1.165, 1.54) is 0 Å². The first-order valence-electron chi connectivity index (χ1n) is 20.7. The van der Waals surface area contributed by atoms with Crippen molar-refractivity contribution in [3.8, 4) is 51.7 Å². The monoisotopic (exact) mass is 1040 g/mol. The van der Waals surface area contributed by atoms with Crippen LogP contribution in [0.25, 0.3) is 0 Å². The van der Waals surface area contributed by atoms with Gasteiger partial charge >= 0.3 is 45.3 Å². The van der Waals surface area contributed by atoms with Crippen molar-refractivity contribution in [2.75, 3.05) is 0 Å². The number of hydrogen-bond donors (Lipinski definition) is 0. The molecule has 0 unspecified atom stereocenters. The normalized spacial score (nSPS) is 10.1. The zero-order valence-electron chi connectivity index (χ0n) is 39.9. The van der Waals surface area contributed by atoms with Gasteiger partial charge in [-0.05, 0) is 109 Å². The summed E-state index contributed by atoms with van der Waals surface area (Å²) in [5.74, 6) is 6.38. The van der Waals surface area contributed by atoms with Crippen LogP contribution in [0.2, 0.25) is 0 Å². The van der Waals surface area contributed by atoms with Gasteiger partial charge in [-0.1, -0.05) is 164 Å². The maximum atomic E-state index is 5.84. The van der Waals surface area contributed by atoms with Crippen LogP contribution < -0.4 is 40.7 Å². The summed E-state index contributed by atoms with van der Waals surface area (Å²) in [6.07, 6.45) is 0. The van der Waals surface area contributed by atoms with Gasteiger partial charge in [0, 0.05) is 0 Å². The van der Waals surface area contributed by atoms with Crippen molar-refractivity contribution >= 4 is 25.8 Å². The molecule has 0 aliphatic rings. The van der Waals surface area contributed by atoms with E-state index in [1.54, 1.807) is 0 Å². The Labute approximate surface area is 414 Å². The van der Waals surface area contributed by atoms with Crippen LogP contribution in [0.4, 0.5) is 0 Å². The van der Waals surface area contributed by atoms with E-state index >= 15 is 0 Å². The molecule has 0 bridgehead atoms. The minimum atomic E-state index is -1.59. The average Bonchev–Trinajstić information content (AvgIpc) is 3.37. The molecule has 0 fully saturated rings. The predicted molar refractivity (Wildman–Crippen MR) is 269 cm³/mol. The summed E-state index contributed by atoms with van der Waals surface area (Å²) in [5, 5.41) is 0. The summed E-state index contributed by atoms with van der Waals surface area (Å²) >= 11 is 0. The van der Waals surface area contributed by atoms with Gasteiger partial charge in [-0.15, -0.1) is 0 Å². The Morgan fingerprint density at radius 3 is 0.343 bits per heavy atom. The Morgan fingerprint density at radius 1 is 0.164 bits per heavy atom. The van der Waals surface area contributed by atoms with Gasteiger partial charge in [0.15, 0.2) is 0 Å². The summed E-state index contributed by atoms with van der Waals surface area (Å²) in [5.41, 5.74) is 0. The van der Waals surface area contributed by atoms with Crippen molar-refractivity contribution in [3.05, 3.63) is 273 Å². The molecule has 0 N–H and O–H groups in total. The van der Waals surface area contributed by atoms with Gasteiger partial charge < -0.3 is 46.4 Å². The van der Waals surface area contributed by atoms with Crippen LogP contribution in [0.15, 0.2) is 273 Å². The second-order valence-corrected chi connectivity index (χ2v) is 16.3. The predicted octanol–water partition coefficient (Wildman–Crippen LogP) is 16.8. The Morgan fingerprint density at radius 2 is 0.254 bits per heavy atom. The van der Waals surface area contributed by atoms with Crippen LogP contribution in [-0.4, -0.2) is 0 Å². The molecule has 67 heavy (non-hydrogen) atoms. The molecule has 0 aliphatic heterocycles. The molecule has 0 spiro atoms. The number of hydrogen-bond acceptors (Lipinski definition) is 9. The van der Waals surface area contributed by atoms with Crippen molar-refractivity contribution in [1.82, 2.24) is 0 Å². The van der Waals surface area contributed by atoms with Crippen molar-refractivity contribution in [2.24, 2.45) is 0 Å². The molecular formula is C54H49O9P3Ru. The molecule has 13 heteroatoms. The molecule has 0 atom stereocenters. The smallest absolute Gasteiger partial charge is 1.00 e. The van der Waals surface area contributed by atoms with Crippen molar-refractivity contribution in [1.29, 1.82) is 0 Å². The van der Waals surface area contributed by atoms with Gasteiger partial charge in [0.2, 0.25) is 0 Å². The first-order chi connectivity index (χ1) is 32.7. The van der Waals surface area contributed by atoms with Crippen LogP contribution in [0.3, 0.4) is 0 Å². The summed E-state index contributed by atoms with van der Waals surface area (Å²) in [6.45, 7) is 0. The number of benzene rings is 9. The van der Waals surface area contributed by atoms with E-state index in [0.29, 0.717) is 51.7 Å². The van der Waals surface area contributed by atoms with Crippen LogP contribution in [0.1, 0.15) is 5.71 Å². The van der Waals surface area contributed by atoms with Crippen LogP contribution in [0.5, 0.6) is 51.7 Å². The van der Waals surface area contributed by atoms with Gasteiger partial charge in [-0.3, -0.25) is 0 Å². The molecule has 0 saturated carbocycles. The molecule has 0 saturated heterocycles. The molecule has 0 heterocycles. The zero-order chi connectivity index (χ0) is 45.1. The topological polar surface area (TPSA) is 83.1 Å². The van der Waals surface area contributed by atoms with E-state index in [9.17, 15) is 0 Å². The molecule has 9 aromatic rings. The number of para-hydroxylation sites is 9. The summed E-state index contributed by atoms with van der Waals surface area (Å²) in [6, 6.07) is 85.5. The molecule has 0 radical (unpaired) electrons. The average molecular weight is 1040 g/mol. The molecule has 9 aromatic carbocycles. The third kappa shape index (κ3) is 18.8. The van der Waals surface area contributed by atoms with Gasteiger partial charge in [0.1, 0.15) is 51.7 Å². The minimum absolute atomic E-state index is 0. The molecule has 9 nitrogen and oxygen atoms in total. The standard InChI is InChI=1S/3C18H15O3P.Ru.4H/c3*1-4-10-16(11-5-1)19-22(20-17-12-6-2-7-13-17)21-18-14-8-3-9-15-18;;;;;/h3*1-15H;;;;;/q;;;+4;4*-1. The van der Waals surface area contributed by atoms with E-state index < -0.39 is 25.8 Å². The third-order valence-electron chi connectivity index (χ3n) is 8.31. The largest absolute Gasteiger partial charge is 4.00 e. The van der Waals surface area contributed by atoms with Crippen LogP contribution in [-0.2, 0) is 19.5 Å². The van der Waals surface area contributed by atoms with E-state index in [0.717, 1.165) is 0 Å². The van der Waals surface area contributed by atoms with Crippen LogP contribution >= 0.6 is 25.8 Å². The Bertz CT molecular complexity index is 2050. The van der Waals surface area contributed by atoms with Gasteiger partial charge in [-0.25, -0.2) is 0 Å². The van der Waals surface area contributed by atoms with E-state index in [-0.39, 0.29) is 25.2 Å². The summed E-state index contributed by atoms with van der Waals surface area (Å²) in [7, 11) is -4.77. The molecule has 9 rings (SSSR count). The van der Waals surface area contributed by atoms with Crippen molar-refractivity contribution in [2.45, 2.75) is 0 Å². The zero-order valence-corrected chi connectivity index (χ0v) is 40.3. The van der Waals surface area contributed by atoms with Crippen LogP contribution in [0, 0.1) is 0 Å². The molecular weight excluding hydrogens is 987 g/mol. The van der Waals surface area contributed by atoms with Gasteiger partial charge in [0.25, 0.3) is 0 Å². The maximum absolute atomic E-state index is 5.84. The number of rotatable bonds is 18. The molecule has 342 valence electrons. The SMILES string of the molecule is [H-].[H-].[H-].[H-].[Ru+4].c1ccc(OP(Oc2ccccc2)Oc2ccccc2)cc1.c1ccc(OP(Oc2ccccc2)Oc2ccccc2)cc1.c1ccc(OP(Oc2ccccc2)Oc2ccccc2)cc1. The first kappa shape index (κ1) is 49.5. The van der Waals surface area contributed by atoms with E-state index in [2.05, 4.69) is 0 Å². The van der Waals surface area contributed by atoms with Crippen molar-refractivity contribution < 1.29 is 65.9 Å². The van der Waals surface area contributed by atoms with E-state index in [4.69, 9.17) is 40.7 Å². The van der Waals surface area contributed by atoms with Gasteiger partial charge in [-0.2, -0.15) is 0 Å². The quantitative estimate of drug-likeness (QED) is 0.0616. The second-order valence-electron chi connectivity index (χ2n) is 13.3. The third-order valence-corrected chi connectivity index (χ3v) is 11.5. The fourth-order valence-corrected chi connectivity index (χ4v) is 8.25. The Hall–Kier alpha value is -6.91. The minimum Gasteiger partial charge on any atom is -1.00 e. The van der Waals surface area contributed by atoms with Crippen molar-refractivity contribution in [3.63, 3.8) is 0 Å². The Kier molecular flexibility index (Phi) is 21.4. The van der Waals surface area contributed by atoms with E-state index in [1.807, 2.05) is 273 Å². The maximum Gasteiger partial charge on any atom is 4.00 e. The fourth-order valence-electron chi connectivity index (χ4n) is 5.27. The summed E-state index contributed by atoms with van der Waals surface area (Å²) < 4.78 is 52.6.